The number of aryl methyl sites for hydroxylation is 1. The van der Waals surface area contributed by atoms with Gasteiger partial charge >= 0.3 is 0 Å². The Labute approximate surface area is 210 Å². The molecule has 2 N–H and O–H groups in total. The maximum Gasteiger partial charge on any atom is 0.273 e. The first-order valence-corrected chi connectivity index (χ1v) is 12.2. The molecule has 0 saturated carbocycles. The van der Waals surface area contributed by atoms with Crippen LogP contribution >= 0.6 is 11.6 Å². The Balaban J connectivity index is 1.83. The summed E-state index contributed by atoms with van der Waals surface area (Å²) >= 11 is 6.12. The van der Waals surface area contributed by atoms with E-state index in [1.807, 2.05) is 0 Å². The first kappa shape index (κ1) is 26.4. The lowest BCUT2D eigenvalue weighted by Gasteiger charge is -2.25. The molecule has 3 rings (SSSR count). The van der Waals surface area contributed by atoms with Gasteiger partial charge < -0.3 is 20.3 Å². The van der Waals surface area contributed by atoms with Gasteiger partial charge in [-0.15, -0.1) is 0 Å². The van der Waals surface area contributed by atoms with Gasteiger partial charge in [-0.1, -0.05) is 25.4 Å². The molecule has 2 aromatic rings. The fraction of sp³-hybridized carbons (Fsp3) is 0.480. The van der Waals surface area contributed by atoms with E-state index in [-0.39, 0.29) is 42.6 Å². The second-order valence-electron chi connectivity index (χ2n) is 9.02. The molecular weight excluding hydrogens is 470 g/mol. The van der Waals surface area contributed by atoms with Gasteiger partial charge in [-0.25, -0.2) is 9.97 Å². The number of aromatic nitrogens is 2. The number of hydrogen-bond acceptors (Lipinski definition) is 6. The molecule has 9 nitrogen and oxygen atoms in total. The van der Waals surface area contributed by atoms with E-state index in [9.17, 15) is 14.4 Å². The van der Waals surface area contributed by atoms with Gasteiger partial charge in [0.05, 0.1) is 18.2 Å². The summed E-state index contributed by atoms with van der Waals surface area (Å²) in [4.78, 5) is 48.7. The highest BCUT2D eigenvalue weighted by Gasteiger charge is 2.23. The molecular formula is C25H32ClN5O4. The third kappa shape index (κ3) is 7.92. The summed E-state index contributed by atoms with van der Waals surface area (Å²) in [5.74, 6) is 0.277. The zero-order chi connectivity index (χ0) is 25.4. The lowest BCUT2D eigenvalue weighted by molar-refractivity contribution is -0.122. The Morgan fingerprint density at radius 1 is 1.26 bits per heavy atom. The molecule has 1 aliphatic rings. The van der Waals surface area contributed by atoms with Gasteiger partial charge in [-0.3, -0.25) is 14.4 Å². The monoisotopic (exact) mass is 501 g/mol. The number of carbonyl (C=O) groups is 3. The van der Waals surface area contributed by atoms with Gasteiger partial charge in [0.25, 0.3) is 11.8 Å². The van der Waals surface area contributed by atoms with E-state index < -0.39 is 0 Å². The summed E-state index contributed by atoms with van der Waals surface area (Å²) in [5.41, 5.74) is 0.587. The first-order chi connectivity index (χ1) is 16.7. The van der Waals surface area contributed by atoms with Crippen molar-refractivity contribution in [1.82, 2.24) is 25.5 Å². The number of carbonyl (C=O) groups excluding carboxylic acids is 3. The molecule has 0 spiro atoms. The topological polar surface area (TPSA) is 114 Å². The highest BCUT2D eigenvalue weighted by molar-refractivity contribution is 6.31. The quantitative estimate of drug-likeness (QED) is 0.668. The molecule has 1 aromatic heterocycles. The number of fused-ring (bicyclic) bond motifs is 1. The minimum Gasteiger partial charge on any atom is -0.491 e. The summed E-state index contributed by atoms with van der Waals surface area (Å²) in [6.07, 6.45) is 3.41. The van der Waals surface area contributed by atoms with Crippen molar-refractivity contribution in [1.29, 1.82) is 0 Å². The lowest BCUT2D eigenvalue weighted by Crippen LogP contribution is -2.47. The van der Waals surface area contributed by atoms with Crippen molar-refractivity contribution in [3.63, 3.8) is 0 Å². The summed E-state index contributed by atoms with van der Waals surface area (Å²) < 4.78 is 5.98. The molecule has 188 valence electrons. The second kappa shape index (κ2) is 12.5. The minimum absolute atomic E-state index is 0.102. The Morgan fingerprint density at radius 3 is 2.80 bits per heavy atom. The van der Waals surface area contributed by atoms with Gasteiger partial charge in [0.2, 0.25) is 5.91 Å². The Kier molecular flexibility index (Phi) is 9.42. The smallest absolute Gasteiger partial charge is 0.273 e. The van der Waals surface area contributed by atoms with E-state index in [0.717, 1.165) is 0 Å². The fourth-order valence-electron chi connectivity index (χ4n) is 3.89. The largest absolute Gasteiger partial charge is 0.491 e. The summed E-state index contributed by atoms with van der Waals surface area (Å²) in [6, 6.07) is 6.13. The van der Waals surface area contributed by atoms with Crippen molar-refractivity contribution in [3.05, 3.63) is 52.6 Å². The van der Waals surface area contributed by atoms with E-state index in [4.69, 9.17) is 16.3 Å². The number of rotatable bonds is 3. The number of ether oxygens (including phenoxy) is 1. The number of hydrogen-bond donors (Lipinski definition) is 2. The normalized spacial score (nSPS) is 18.0. The number of nitrogens with zero attached hydrogens (tertiary/aromatic N) is 3. The van der Waals surface area contributed by atoms with Crippen LogP contribution in [-0.2, 0) is 4.79 Å². The molecule has 0 bridgehead atoms. The lowest BCUT2D eigenvalue weighted by atomic mass is 10.0. The van der Waals surface area contributed by atoms with Crippen LogP contribution < -0.4 is 15.4 Å². The van der Waals surface area contributed by atoms with E-state index in [1.165, 1.54) is 11.1 Å². The molecule has 0 unspecified atom stereocenters. The molecule has 1 aromatic carbocycles. The number of amides is 3. The third-order valence-corrected chi connectivity index (χ3v) is 5.74. The van der Waals surface area contributed by atoms with Crippen LogP contribution in [0.4, 0.5) is 0 Å². The van der Waals surface area contributed by atoms with Crippen LogP contribution in [-0.4, -0.2) is 64.9 Å². The van der Waals surface area contributed by atoms with Crippen LogP contribution in [0.25, 0.3) is 0 Å². The Morgan fingerprint density at radius 2 is 2.06 bits per heavy atom. The Hall–Kier alpha value is -3.20. The summed E-state index contributed by atoms with van der Waals surface area (Å²) in [5, 5.41) is 6.32. The third-order valence-electron chi connectivity index (χ3n) is 5.50. The average Bonchev–Trinajstić information content (AvgIpc) is 2.81. The zero-order valence-electron chi connectivity index (χ0n) is 20.3. The number of benzene rings is 1. The van der Waals surface area contributed by atoms with Crippen LogP contribution in [0.15, 0.2) is 30.5 Å². The zero-order valence-corrected chi connectivity index (χ0v) is 21.1. The van der Waals surface area contributed by atoms with Gasteiger partial charge in [0.15, 0.2) is 0 Å². The minimum atomic E-state index is -0.335. The van der Waals surface area contributed by atoms with E-state index >= 15 is 0 Å². The van der Waals surface area contributed by atoms with Crippen LogP contribution in [0, 0.1) is 12.8 Å². The van der Waals surface area contributed by atoms with Crippen LogP contribution in [0.5, 0.6) is 5.75 Å². The highest BCUT2D eigenvalue weighted by Crippen LogP contribution is 2.24. The van der Waals surface area contributed by atoms with Crippen molar-refractivity contribution in [2.24, 2.45) is 5.92 Å². The average molecular weight is 502 g/mol. The molecule has 0 fully saturated rings. The summed E-state index contributed by atoms with van der Waals surface area (Å²) in [6.45, 7) is 6.63. The molecule has 35 heavy (non-hydrogen) atoms. The molecule has 2 heterocycles. The maximum absolute atomic E-state index is 13.1. The van der Waals surface area contributed by atoms with Crippen LogP contribution in [0.2, 0.25) is 5.02 Å². The number of halogens is 1. The standard InChI is InChI=1S/C25H32ClN5O4/c1-16(2)12-19-15-35-22-7-6-18(26)13-20(22)24(33)28-9-4-5-11-31(14-23(32)30-19)25(34)21-8-10-27-17(3)29-21/h6-8,10,13,16,19H,4-5,9,11-12,14-15H2,1-3H3,(H,28,33)(H,30,32)/t19-/m1/s1. The fourth-order valence-corrected chi connectivity index (χ4v) is 4.07. The van der Waals surface area contributed by atoms with E-state index in [2.05, 4.69) is 34.4 Å². The molecule has 0 saturated heterocycles. The van der Waals surface area contributed by atoms with Gasteiger partial charge in [0, 0.05) is 24.3 Å². The predicted molar refractivity (Wildman–Crippen MR) is 133 cm³/mol. The maximum atomic E-state index is 13.1. The predicted octanol–water partition coefficient (Wildman–Crippen LogP) is 3.01. The Bertz CT molecular complexity index is 1060. The van der Waals surface area contributed by atoms with Crippen molar-refractivity contribution in [2.45, 2.75) is 46.1 Å². The van der Waals surface area contributed by atoms with E-state index in [1.54, 1.807) is 31.2 Å². The van der Waals surface area contributed by atoms with Crippen LogP contribution in [0.1, 0.15) is 59.8 Å². The van der Waals surface area contributed by atoms with Gasteiger partial charge in [-0.2, -0.15) is 0 Å². The van der Waals surface area contributed by atoms with Crippen molar-refractivity contribution in [3.8, 4) is 5.75 Å². The molecule has 0 aliphatic carbocycles. The van der Waals surface area contributed by atoms with E-state index in [0.29, 0.717) is 60.4 Å². The van der Waals surface area contributed by atoms with Gasteiger partial charge in [0.1, 0.15) is 23.9 Å². The highest BCUT2D eigenvalue weighted by atomic mass is 35.5. The molecule has 1 aliphatic heterocycles. The first-order valence-electron chi connectivity index (χ1n) is 11.8. The second-order valence-corrected chi connectivity index (χ2v) is 9.46. The van der Waals surface area contributed by atoms with Gasteiger partial charge in [-0.05, 0) is 56.4 Å². The molecule has 10 heteroatoms. The van der Waals surface area contributed by atoms with Crippen molar-refractivity contribution < 1.29 is 19.1 Å². The SMILES string of the molecule is Cc1nccc(C(=O)N2CCCCNC(=O)c3cc(Cl)ccc3OC[C@@H](CC(C)C)NC(=O)C2)n1. The van der Waals surface area contributed by atoms with Crippen molar-refractivity contribution in [2.75, 3.05) is 26.2 Å². The number of nitrogens with one attached hydrogen (secondary N) is 2. The molecule has 0 radical (unpaired) electrons. The van der Waals surface area contributed by atoms with Crippen molar-refractivity contribution >= 4 is 29.3 Å². The molecule has 3 amide bonds. The van der Waals surface area contributed by atoms with Crippen LogP contribution in [0.3, 0.4) is 0 Å². The molecule has 1 atom stereocenters. The summed E-state index contributed by atoms with van der Waals surface area (Å²) in [7, 11) is 0.